The quantitative estimate of drug-likeness (QED) is 0.573. The molecule has 0 bridgehead atoms. The maximum absolute atomic E-state index is 5.77. The van der Waals surface area contributed by atoms with E-state index in [1.807, 2.05) is 24.5 Å². The molecule has 3 aromatic rings. The first-order valence-electron chi connectivity index (χ1n) is 6.53. The lowest BCUT2D eigenvalue weighted by molar-refractivity contribution is 0.363. The van der Waals surface area contributed by atoms with Crippen molar-refractivity contribution in [2.75, 3.05) is 12.9 Å². The van der Waals surface area contributed by atoms with Gasteiger partial charge in [0.05, 0.1) is 17.3 Å². The number of imidazole rings is 1. The number of hydrogen-bond acceptors (Lipinski definition) is 4. The zero-order valence-electron chi connectivity index (χ0n) is 11.7. The van der Waals surface area contributed by atoms with Crippen LogP contribution in [-0.4, -0.2) is 27.8 Å². The Balaban J connectivity index is 2.08. The molecular weight excluding hydrogens is 282 g/mol. The lowest BCUT2D eigenvalue weighted by Gasteiger charge is -2.10. The molecule has 3 rings (SSSR count). The van der Waals surface area contributed by atoms with Gasteiger partial charge < -0.3 is 9.72 Å². The summed E-state index contributed by atoms with van der Waals surface area (Å²) in [4.78, 5) is 13.1. The van der Waals surface area contributed by atoms with E-state index < -0.39 is 0 Å². The van der Waals surface area contributed by atoms with Gasteiger partial charge in [0.25, 0.3) is 0 Å². The van der Waals surface area contributed by atoms with Gasteiger partial charge in [0.15, 0.2) is 0 Å². The van der Waals surface area contributed by atoms with Crippen LogP contribution in [0.25, 0.3) is 22.4 Å². The fourth-order valence-corrected chi connectivity index (χ4v) is 2.51. The zero-order chi connectivity index (χ0) is 14.7. The van der Waals surface area contributed by atoms with Gasteiger partial charge in [-0.3, -0.25) is 4.98 Å². The van der Waals surface area contributed by atoms with Crippen molar-refractivity contribution in [3.05, 3.63) is 49.3 Å². The molecule has 0 saturated carbocycles. The van der Waals surface area contributed by atoms with Crippen LogP contribution in [0.15, 0.2) is 54.2 Å². The number of hydrogen-bond donors (Lipinski definition) is 1. The molecule has 2 heterocycles. The van der Waals surface area contributed by atoms with Crippen LogP contribution in [0, 0.1) is 0 Å². The molecule has 5 heteroatoms. The summed E-state index contributed by atoms with van der Waals surface area (Å²) in [5, 5.41) is 0. The van der Waals surface area contributed by atoms with E-state index >= 15 is 0 Å². The van der Waals surface area contributed by atoms with Gasteiger partial charge in [-0.05, 0) is 30.5 Å². The third-order valence-electron chi connectivity index (χ3n) is 3.09. The predicted molar refractivity (Wildman–Crippen MR) is 86.8 cm³/mol. The van der Waals surface area contributed by atoms with Gasteiger partial charge in [-0.25, -0.2) is 4.98 Å². The molecule has 0 aliphatic rings. The minimum Gasteiger partial charge on any atom is -0.489 e. The molecule has 106 valence electrons. The van der Waals surface area contributed by atoms with Gasteiger partial charge in [0.2, 0.25) is 0 Å². The molecule has 1 aromatic carbocycles. The SMILES string of the molecule is C=CCOc1cc(SC)ccc1-c1nc2cnccc2[nH]1. The van der Waals surface area contributed by atoms with E-state index in [-0.39, 0.29) is 0 Å². The monoisotopic (exact) mass is 297 g/mol. The van der Waals surface area contributed by atoms with Crippen molar-refractivity contribution in [3.63, 3.8) is 0 Å². The number of fused-ring (bicyclic) bond motifs is 1. The molecule has 2 aromatic heterocycles. The largest absolute Gasteiger partial charge is 0.489 e. The fraction of sp³-hybridized carbons (Fsp3) is 0.125. The van der Waals surface area contributed by atoms with E-state index in [9.17, 15) is 0 Å². The molecular formula is C16H15N3OS. The first-order valence-corrected chi connectivity index (χ1v) is 7.76. The normalized spacial score (nSPS) is 10.7. The van der Waals surface area contributed by atoms with Gasteiger partial charge in [-0.1, -0.05) is 12.7 Å². The molecule has 0 fully saturated rings. The molecule has 0 amide bonds. The molecule has 0 unspecified atom stereocenters. The molecule has 1 N–H and O–H groups in total. The minimum atomic E-state index is 0.465. The predicted octanol–water partition coefficient (Wildman–Crippen LogP) is 3.91. The minimum absolute atomic E-state index is 0.465. The number of rotatable bonds is 5. The zero-order valence-corrected chi connectivity index (χ0v) is 12.5. The van der Waals surface area contributed by atoms with Gasteiger partial charge in [-0.15, -0.1) is 11.8 Å². The van der Waals surface area contributed by atoms with Crippen LogP contribution in [0.5, 0.6) is 5.75 Å². The highest BCUT2D eigenvalue weighted by Crippen LogP contribution is 2.32. The Kier molecular flexibility index (Phi) is 3.92. The third kappa shape index (κ3) is 2.78. The molecule has 0 radical (unpaired) electrons. The van der Waals surface area contributed by atoms with Crippen molar-refractivity contribution in [1.82, 2.24) is 15.0 Å². The number of H-pyrrole nitrogens is 1. The van der Waals surface area contributed by atoms with Crippen molar-refractivity contribution < 1.29 is 4.74 Å². The van der Waals surface area contributed by atoms with Crippen LogP contribution in [0.4, 0.5) is 0 Å². The average molecular weight is 297 g/mol. The number of thioether (sulfide) groups is 1. The van der Waals surface area contributed by atoms with E-state index in [1.54, 1.807) is 30.2 Å². The molecule has 21 heavy (non-hydrogen) atoms. The maximum Gasteiger partial charge on any atom is 0.142 e. The van der Waals surface area contributed by atoms with Crippen LogP contribution in [0.2, 0.25) is 0 Å². The van der Waals surface area contributed by atoms with Crippen LogP contribution >= 0.6 is 11.8 Å². The van der Waals surface area contributed by atoms with Gasteiger partial charge in [0.1, 0.15) is 23.7 Å². The molecule has 0 atom stereocenters. The van der Waals surface area contributed by atoms with Crippen LogP contribution in [-0.2, 0) is 0 Å². The van der Waals surface area contributed by atoms with E-state index in [0.29, 0.717) is 6.61 Å². The molecule has 0 aliphatic heterocycles. The Morgan fingerprint density at radius 1 is 1.38 bits per heavy atom. The van der Waals surface area contributed by atoms with E-state index in [0.717, 1.165) is 33.1 Å². The molecule has 0 spiro atoms. The Morgan fingerprint density at radius 2 is 2.29 bits per heavy atom. The number of nitrogens with zero attached hydrogens (tertiary/aromatic N) is 2. The van der Waals surface area contributed by atoms with E-state index in [1.165, 1.54) is 0 Å². The van der Waals surface area contributed by atoms with Gasteiger partial charge >= 0.3 is 0 Å². The summed E-state index contributed by atoms with van der Waals surface area (Å²) >= 11 is 1.68. The number of pyridine rings is 1. The molecule has 0 saturated heterocycles. The van der Waals surface area contributed by atoms with Crippen LogP contribution < -0.4 is 4.74 Å². The highest BCUT2D eigenvalue weighted by atomic mass is 32.2. The summed E-state index contributed by atoms with van der Waals surface area (Å²) in [6.07, 6.45) is 7.27. The number of benzene rings is 1. The highest BCUT2D eigenvalue weighted by molar-refractivity contribution is 7.98. The summed E-state index contributed by atoms with van der Waals surface area (Å²) in [7, 11) is 0. The van der Waals surface area contributed by atoms with Crippen molar-refractivity contribution in [2.24, 2.45) is 0 Å². The number of ether oxygens (including phenoxy) is 1. The third-order valence-corrected chi connectivity index (χ3v) is 3.81. The molecule has 4 nitrogen and oxygen atoms in total. The van der Waals surface area contributed by atoms with Gasteiger partial charge in [-0.2, -0.15) is 0 Å². The summed E-state index contributed by atoms with van der Waals surface area (Å²) < 4.78 is 5.77. The number of aromatic nitrogens is 3. The fourth-order valence-electron chi connectivity index (χ4n) is 2.08. The second-order valence-electron chi connectivity index (χ2n) is 4.44. The second-order valence-corrected chi connectivity index (χ2v) is 5.32. The first kappa shape index (κ1) is 13.7. The summed E-state index contributed by atoms with van der Waals surface area (Å²) in [6, 6.07) is 8.02. The summed E-state index contributed by atoms with van der Waals surface area (Å²) in [5.41, 5.74) is 2.74. The lowest BCUT2D eigenvalue weighted by Crippen LogP contribution is -1.96. The second kappa shape index (κ2) is 6.01. The topological polar surface area (TPSA) is 50.8 Å². The number of nitrogens with one attached hydrogen (secondary N) is 1. The van der Waals surface area contributed by atoms with Crippen molar-refractivity contribution >= 4 is 22.8 Å². The summed E-state index contributed by atoms with van der Waals surface area (Å²) in [5.74, 6) is 1.58. The van der Waals surface area contributed by atoms with Crippen molar-refractivity contribution in [1.29, 1.82) is 0 Å². The lowest BCUT2D eigenvalue weighted by atomic mass is 10.2. The highest BCUT2D eigenvalue weighted by Gasteiger charge is 2.12. The van der Waals surface area contributed by atoms with Crippen LogP contribution in [0.1, 0.15) is 0 Å². The standard InChI is InChI=1S/C16H15N3OS/c1-3-8-20-15-9-11(21-2)4-5-12(15)16-18-13-6-7-17-10-14(13)19-16/h3-7,9-10H,1,8H2,2H3,(H,18,19). The Bertz CT molecular complexity index is 749. The van der Waals surface area contributed by atoms with Gasteiger partial charge in [0, 0.05) is 11.1 Å². The Morgan fingerprint density at radius 3 is 3.05 bits per heavy atom. The van der Waals surface area contributed by atoms with E-state index in [4.69, 9.17) is 4.74 Å². The van der Waals surface area contributed by atoms with Crippen molar-refractivity contribution in [2.45, 2.75) is 4.90 Å². The maximum atomic E-state index is 5.77. The Labute approximate surface area is 127 Å². The smallest absolute Gasteiger partial charge is 0.142 e. The first-order chi connectivity index (χ1) is 10.3. The average Bonchev–Trinajstić information content (AvgIpc) is 2.96. The number of aromatic amines is 1. The Hall–Kier alpha value is -2.27. The van der Waals surface area contributed by atoms with E-state index in [2.05, 4.69) is 27.6 Å². The summed E-state index contributed by atoms with van der Waals surface area (Å²) in [6.45, 7) is 4.16. The van der Waals surface area contributed by atoms with Crippen molar-refractivity contribution in [3.8, 4) is 17.1 Å². The van der Waals surface area contributed by atoms with Crippen LogP contribution in [0.3, 0.4) is 0 Å². The molecule has 0 aliphatic carbocycles.